The summed E-state index contributed by atoms with van der Waals surface area (Å²) >= 11 is 0. The predicted molar refractivity (Wildman–Crippen MR) is 89.1 cm³/mol. The van der Waals surface area contributed by atoms with Gasteiger partial charge in [0, 0.05) is 12.1 Å². The number of nitrogens with one attached hydrogen (secondary N) is 1. The van der Waals surface area contributed by atoms with Crippen molar-refractivity contribution in [2.24, 2.45) is 0 Å². The van der Waals surface area contributed by atoms with Crippen molar-refractivity contribution >= 4 is 10.8 Å². The number of hydrogen-bond acceptors (Lipinski definition) is 1. The molecule has 0 bridgehead atoms. The van der Waals surface area contributed by atoms with Crippen molar-refractivity contribution in [1.82, 2.24) is 5.32 Å². The molecule has 1 nitrogen and oxygen atoms in total. The molecular weight excluding hydrogens is 242 g/mol. The topological polar surface area (TPSA) is 12.0 Å². The number of benzene rings is 2. The molecule has 0 aromatic heterocycles. The van der Waals surface area contributed by atoms with Crippen LogP contribution in [-0.2, 0) is 0 Å². The average molecular weight is 269 g/mol. The van der Waals surface area contributed by atoms with Crippen LogP contribution in [0.1, 0.15) is 58.1 Å². The van der Waals surface area contributed by atoms with Crippen molar-refractivity contribution in [2.45, 2.75) is 58.5 Å². The maximum atomic E-state index is 3.81. The number of fused-ring (bicyclic) bond motifs is 1. The first-order valence-corrected chi connectivity index (χ1v) is 8.00. The summed E-state index contributed by atoms with van der Waals surface area (Å²) in [6.07, 6.45) is 5.08. The lowest BCUT2D eigenvalue weighted by molar-refractivity contribution is 0.411. The molecule has 20 heavy (non-hydrogen) atoms. The van der Waals surface area contributed by atoms with Crippen molar-refractivity contribution in [2.75, 3.05) is 0 Å². The van der Waals surface area contributed by atoms with Crippen molar-refractivity contribution in [3.63, 3.8) is 0 Å². The summed E-state index contributed by atoms with van der Waals surface area (Å²) in [5.41, 5.74) is 1.41. The maximum Gasteiger partial charge on any atom is 0.0300 e. The Morgan fingerprint density at radius 1 is 1.00 bits per heavy atom. The lowest BCUT2D eigenvalue weighted by Crippen LogP contribution is -2.31. The molecule has 0 aliphatic heterocycles. The molecule has 0 radical (unpaired) electrons. The highest BCUT2D eigenvalue weighted by molar-refractivity contribution is 5.86. The summed E-state index contributed by atoms with van der Waals surface area (Å²) in [6, 6.07) is 16.3. The summed E-state index contributed by atoms with van der Waals surface area (Å²) in [4.78, 5) is 0. The van der Waals surface area contributed by atoms with Gasteiger partial charge in [0.05, 0.1) is 0 Å². The van der Waals surface area contributed by atoms with E-state index in [1.54, 1.807) is 0 Å². The van der Waals surface area contributed by atoms with Gasteiger partial charge >= 0.3 is 0 Å². The fraction of sp³-hybridized carbons (Fsp3) is 0.474. The van der Waals surface area contributed by atoms with Gasteiger partial charge < -0.3 is 5.32 Å². The van der Waals surface area contributed by atoms with Crippen molar-refractivity contribution < 1.29 is 0 Å². The van der Waals surface area contributed by atoms with Crippen LogP contribution >= 0.6 is 0 Å². The van der Waals surface area contributed by atoms with Crippen LogP contribution in [0.15, 0.2) is 42.5 Å². The minimum Gasteiger partial charge on any atom is -0.307 e. The molecule has 1 N–H and O–H groups in total. The highest BCUT2D eigenvalue weighted by Gasteiger charge is 2.13. The SMILES string of the molecule is CCCCC(CC)NC(C)c1cccc2ccccc12. The van der Waals surface area contributed by atoms with E-state index < -0.39 is 0 Å². The highest BCUT2D eigenvalue weighted by atomic mass is 14.9. The van der Waals surface area contributed by atoms with Crippen LogP contribution in [0.2, 0.25) is 0 Å². The Morgan fingerprint density at radius 2 is 1.75 bits per heavy atom. The van der Waals surface area contributed by atoms with Crippen LogP contribution in [-0.4, -0.2) is 6.04 Å². The predicted octanol–water partition coefficient (Wildman–Crippen LogP) is 5.46. The van der Waals surface area contributed by atoms with E-state index in [-0.39, 0.29) is 0 Å². The molecule has 0 fully saturated rings. The van der Waals surface area contributed by atoms with Crippen molar-refractivity contribution in [3.05, 3.63) is 48.0 Å². The smallest absolute Gasteiger partial charge is 0.0300 e. The van der Waals surface area contributed by atoms with Gasteiger partial charge in [-0.1, -0.05) is 69.2 Å². The standard InChI is InChI=1S/C19H27N/c1-4-6-12-17(5-2)20-15(3)18-14-9-11-16-10-7-8-13-19(16)18/h7-11,13-15,17,20H,4-6,12H2,1-3H3. The minimum absolute atomic E-state index is 0.405. The summed E-state index contributed by atoms with van der Waals surface area (Å²) in [6.45, 7) is 6.83. The van der Waals surface area contributed by atoms with Gasteiger partial charge in [-0.15, -0.1) is 0 Å². The zero-order chi connectivity index (χ0) is 14.4. The molecule has 2 aromatic rings. The number of unbranched alkanes of at least 4 members (excludes halogenated alkanes) is 1. The third kappa shape index (κ3) is 3.61. The fourth-order valence-corrected chi connectivity index (χ4v) is 2.93. The van der Waals surface area contributed by atoms with Crippen LogP contribution in [0, 0.1) is 0 Å². The third-order valence-electron chi connectivity index (χ3n) is 4.17. The van der Waals surface area contributed by atoms with E-state index in [1.165, 1.54) is 42.0 Å². The molecule has 0 amide bonds. The molecular formula is C19H27N. The van der Waals surface area contributed by atoms with Crippen LogP contribution in [0.25, 0.3) is 10.8 Å². The Balaban J connectivity index is 2.16. The molecule has 0 spiro atoms. The molecule has 0 aliphatic carbocycles. The van der Waals surface area contributed by atoms with Crippen LogP contribution < -0.4 is 5.32 Å². The van der Waals surface area contributed by atoms with Gasteiger partial charge in [0.25, 0.3) is 0 Å². The van der Waals surface area contributed by atoms with E-state index in [0.29, 0.717) is 12.1 Å². The lowest BCUT2D eigenvalue weighted by atomic mass is 9.98. The van der Waals surface area contributed by atoms with Crippen LogP contribution in [0.3, 0.4) is 0 Å². The van der Waals surface area contributed by atoms with E-state index >= 15 is 0 Å². The molecule has 1 heteroatoms. The largest absolute Gasteiger partial charge is 0.307 e. The zero-order valence-corrected chi connectivity index (χ0v) is 13.0. The molecule has 0 saturated carbocycles. The first-order chi connectivity index (χ1) is 9.76. The first-order valence-electron chi connectivity index (χ1n) is 8.00. The Hall–Kier alpha value is -1.34. The van der Waals surface area contributed by atoms with E-state index in [0.717, 1.165) is 0 Å². The quantitative estimate of drug-likeness (QED) is 0.704. The molecule has 2 atom stereocenters. The lowest BCUT2D eigenvalue weighted by Gasteiger charge is -2.23. The van der Waals surface area contributed by atoms with Gasteiger partial charge in [-0.25, -0.2) is 0 Å². The Morgan fingerprint density at radius 3 is 2.50 bits per heavy atom. The summed E-state index contributed by atoms with van der Waals surface area (Å²) < 4.78 is 0. The first kappa shape index (κ1) is 15.1. The van der Waals surface area contributed by atoms with Gasteiger partial charge in [-0.05, 0) is 36.1 Å². The third-order valence-corrected chi connectivity index (χ3v) is 4.17. The summed E-state index contributed by atoms with van der Waals surface area (Å²) in [5, 5.41) is 6.52. The Labute approximate surface area is 123 Å². The van der Waals surface area contributed by atoms with E-state index in [1.807, 2.05) is 0 Å². The molecule has 2 aromatic carbocycles. The summed E-state index contributed by atoms with van der Waals surface area (Å²) in [5.74, 6) is 0. The van der Waals surface area contributed by atoms with E-state index in [2.05, 4.69) is 68.6 Å². The van der Waals surface area contributed by atoms with Gasteiger partial charge in [0.15, 0.2) is 0 Å². The monoisotopic (exact) mass is 269 g/mol. The van der Waals surface area contributed by atoms with Crippen LogP contribution in [0.5, 0.6) is 0 Å². The van der Waals surface area contributed by atoms with E-state index in [4.69, 9.17) is 0 Å². The van der Waals surface area contributed by atoms with Gasteiger partial charge in [0.2, 0.25) is 0 Å². The normalized spacial score (nSPS) is 14.3. The maximum absolute atomic E-state index is 3.81. The molecule has 108 valence electrons. The fourth-order valence-electron chi connectivity index (χ4n) is 2.93. The molecule has 0 saturated heterocycles. The minimum atomic E-state index is 0.405. The van der Waals surface area contributed by atoms with Crippen molar-refractivity contribution in [3.8, 4) is 0 Å². The van der Waals surface area contributed by atoms with Crippen molar-refractivity contribution in [1.29, 1.82) is 0 Å². The molecule has 0 aliphatic rings. The number of hydrogen-bond donors (Lipinski definition) is 1. The zero-order valence-electron chi connectivity index (χ0n) is 13.0. The van der Waals surface area contributed by atoms with Crippen LogP contribution in [0.4, 0.5) is 0 Å². The summed E-state index contributed by atoms with van der Waals surface area (Å²) in [7, 11) is 0. The Kier molecular flexibility index (Phi) is 5.60. The average Bonchev–Trinajstić information content (AvgIpc) is 2.50. The van der Waals surface area contributed by atoms with Gasteiger partial charge in [-0.3, -0.25) is 0 Å². The molecule has 2 unspecified atom stereocenters. The second-order valence-corrected chi connectivity index (χ2v) is 5.70. The second-order valence-electron chi connectivity index (χ2n) is 5.70. The Bertz CT molecular complexity index is 527. The van der Waals surface area contributed by atoms with Gasteiger partial charge in [-0.2, -0.15) is 0 Å². The number of rotatable bonds is 7. The highest BCUT2D eigenvalue weighted by Crippen LogP contribution is 2.25. The molecule has 0 heterocycles. The van der Waals surface area contributed by atoms with Gasteiger partial charge in [0.1, 0.15) is 0 Å². The van der Waals surface area contributed by atoms with E-state index in [9.17, 15) is 0 Å². The molecule has 2 rings (SSSR count). The second kappa shape index (κ2) is 7.44.